The number of anilines is 1. The number of aryl methyl sites for hydroxylation is 1. The number of hydrogen-bond acceptors (Lipinski definition) is 7. The standard InChI is InChI=1S/C27H32FN5O2/c1-3-18-13-29-27(30-14-18)33-8-6-20(7-9-33)24-11-22(24)17-35-16-19-4-5-23(25(28)10-19)21-12-26(34-2)32-31-15-21/h4-5,10,12-15,20,22,24H,3,6-9,11,16-17H2,1-2H3/t22-,24+/m0/s1. The highest BCUT2D eigenvalue weighted by Crippen LogP contribution is 2.48. The summed E-state index contributed by atoms with van der Waals surface area (Å²) in [6, 6.07) is 6.88. The van der Waals surface area contributed by atoms with Crippen LogP contribution in [0.5, 0.6) is 5.88 Å². The molecule has 0 radical (unpaired) electrons. The average molecular weight is 478 g/mol. The van der Waals surface area contributed by atoms with Crippen LogP contribution in [0.1, 0.15) is 37.3 Å². The molecule has 2 aromatic heterocycles. The molecule has 5 rings (SSSR count). The molecule has 2 aliphatic rings. The van der Waals surface area contributed by atoms with Crippen LogP contribution in [-0.2, 0) is 17.8 Å². The topological polar surface area (TPSA) is 73.3 Å². The number of rotatable bonds is 9. The fourth-order valence-corrected chi connectivity index (χ4v) is 5.07. The van der Waals surface area contributed by atoms with Crippen molar-refractivity contribution < 1.29 is 13.9 Å². The van der Waals surface area contributed by atoms with E-state index in [0.717, 1.165) is 49.5 Å². The Balaban J connectivity index is 1.06. The molecule has 3 aromatic rings. The third kappa shape index (κ3) is 5.59. The van der Waals surface area contributed by atoms with E-state index in [1.165, 1.54) is 44.2 Å². The van der Waals surface area contributed by atoms with Crippen LogP contribution in [0.4, 0.5) is 10.3 Å². The lowest BCUT2D eigenvalue weighted by atomic mass is 9.91. The first kappa shape index (κ1) is 23.6. The van der Waals surface area contributed by atoms with Gasteiger partial charge in [0.15, 0.2) is 0 Å². The van der Waals surface area contributed by atoms with E-state index in [2.05, 4.69) is 32.0 Å². The highest BCUT2D eigenvalue weighted by Gasteiger charge is 2.43. The Morgan fingerprint density at radius 3 is 2.57 bits per heavy atom. The number of hydrogen-bond donors (Lipinski definition) is 0. The van der Waals surface area contributed by atoms with E-state index in [0.29, 0.717) is 29.5 Å². The van der Waals surface area contributed by atoms with Crippen molar-refractivity contribution >= 4 is 5.95 Å². The lowest BCUT2D eigenvalue weighted by molar-refractivity contribution is 0.104. The molecule has 0 spiro atoms. The van der Waals surface area contributed by atoms with Gasteiger partial charge in [0.2, 0.25) is 11.8 Å². The van der Waals surface area contributed by atoms with E-state index in [4.69, 9.17) is 9.47 Å². The maximum Gasteiger partial charge on any atom is 0.233 e. The Morgan fingerprint density at radius 1 is 1.06 bits per heavy atom. The van der Waals surface area contributed by atoms with Crippen LogP contribution >= 0.6 is 0 Å². The van der Waals surface area contributed by atoms with Gasteiger partial charge in [0, 0.05) is 42.7 Å². The van der Waals surface area contributed by atoms with E-state index < -0.39 is 0 Å². The zero-order valence-electron chi connectivity index (χ0n) is 20.4. The normalized spacial score (nSPS) is 20.1. The van der Waals surface area contributed by atoms with Crippen molar-refractivity contribution in [2.24, 2.45) is 17.8 Å². The minimum atomic E-state index is -0.300. The second-order valence-electron chi connectivity index (χ2n) is 9.54. The van der Waals surface area contributed by atoms with Crippen LogP contribution < -0.4 is 9.64 Å². The van der Waals surface area contributed by atoms with Gasteiger partial charge in [-0.2, -0.15) is 5.10 Å². The molecule has 0 unspecified atom stereocenters. The van der Waals surface area contributed by atoms with Crippen molar-refractivity contribution in [3.05, 3.63) is 59.8 Å². The molecule has 7 nitrogen and oxygen atoms in total. The Labute approximate surface area is 205 Å². The van der Waals surface area contributed by atoms with Crippen molar-refractivity contribution in [3.8, 4) is 17.0 Å². The zero-order chi connectivity index (χ0) is 24.2. The molecule has 3 heterocycles. The molecule has 1 saturated heterocycles. The first-order valence-electron chi connectivity index (χ1n) is 12.4. The molecule has 1 aromatic carbocycles. The third-order valence-electron chi connectivity index (χ3n) is 7.29. The molecule has 35 heavy (non-hydrogen) atoms. The van der Waals surface area contributed by atoms with Crippen LogP contribution in [-0.4, -0.2) is 47.0 Å². The Bertz CT molecular complexity index is 1130. The molecule has 2 atom stereocenters. The summed E-state index contributed by atoms with van der Waals surface area (Å²) >= 11 is 0. The molecule has 0 amide bonds. The van der Waals surface area contributed by atoms with Crippen LogP contribution in [0.15, 0.2) is 42.9 Å². The molecule has 1 aliphatic heterocycles. The summed E-state index contributed by atoms with van der Waals surface area (Å²) in [5.41, 5.74) is 3.12. The largest absolute Gasteiger partial charge is 0.480 e. The predicted molar refractivity (Wildman–Crippen MR) is 132 cm³/mol. The van der Waals surface area contributed by atoms with E-state index in [9.17, 15) is 4.39 Å². The van der Waals surface area contributed by atoms with Crippen molar-refractivity contribution in [2.45, 2.75) is 39.2 Å². The smallest absolute Gasteiger partial charge is 0.233 e. The van der Waals surface area contributed by atoms with Crippen LogP contribution in [0, 0.1) is 23.6 Å². The molecular weight excluding hydrogens is 445 g/mol. The monoisotopic (exact) mass is 477 g/mol. The van der Waals surface area contributed by atoms with E-state index >= 15 is 0 Å². The fourth-order valence-electron chi connectivity index (χ4n) is 5.07. The lowest BCUT2D eigenvalue weighted by Crippen LogP contribution is -2.35. The molecule has 184 valence electrons. The first-order chi connectivity index (χ1) is 17.1. The second kappa shape index (κ2) is 10.6. The average Bonchev–Trinajstić information content (AvgIpc) is 3.68. The van der Waals surface area contributed by atoms with Gasteiger partial charge >= 0.3 is 0 Å². The molecule has 1 aliphatic carbocycles. The van der Waals surface area contributed by atoms with Crippen molar-refractivity contribution in [1.29, 1.82) is 0 Å². The Hall–Kier alpha value is -3.13. The molecular formula is C27H32FN5O2. The van der Waals surface area contributed by atoms with Gasteiger partial charge in [0.25, 0.3) is 0 Å². The van der Waals surface area contributed by atoms with E-state index in [1.807, 2.05) is 18.5 Å². The SMILES string of the molecule is CCc1cnc(N2CCC([C@H]3C[C@H]3COCc3ccc(-c4cnnc(OC)c4)c(F)c3)CC2)nc1. The molecule has 8 heteroatoms. The van der Waals surface area contributed by atoms with Gasteiger partial charge in [-0.05, 0) is 60.6 Å². The van der Waals surface area contributed by atoms with Gasteiger partial charge in [-0.1, -0.05) is 19.1 Å². The highest BCUT2D eigenvalue weighted by atomic mass is 19.1. The summed E-state index contributed by atoms with van der Waals surface area (Å²) in [6.45, 7) is 5.31. The van der Waals surface area contributed by atoms with Crippen LogP contribution in [0.2, 0.25) is 0 Å². The first-order valence-corrected chi connectivity index (χ1v) is 12.4. The minimum Gasteiger partial charge on any atom is -0.480 e. The summed E-state index contributed by atoms with van der Waals surface area (Å²) in [6.07, 6.45) is 9.97. The van der Waals surface area contributed by atoms with Gasteiger partial charge in [0.1, 0.15) is 5.82 Å². The number of halogens is 1. The summed E-state index contributed by atoms with van der Waals surface area (Å²) in [7, 11) is 1.51. The Kier molecular flexibility index (Phi) is 7.18. The molecule has 1 saturated carbocycles. The van der Waals surface area contributed by atoms with Crippen LogP contribution in [0.25, 0.3) is 11.1 Å². The summed E-state index contributed by atoms with van der Waals surface area (Å²) in [5, 5.41) is 7.70. The third-order valence-corrected chi connectivity index (χ3v) is 7.29. The minimum absolute atomic E-state index is 0.300. The second-order valence-corrected chi connectivity index (χ2v) is 9.54. The summed E-state index contributed by atoms with van der Waals surface area (Å²) in [4.78, 5) is 11.4. The number of aromatic nitrogens is 4. The highest BCUT2D eigenvalue weighted by molar-refractivity contribution is 5.64. The Morgan fingerprint density at radius 2 is 1.86 bits per heavy atom. The van der Waals surface area contributed by atoms with Crippen molar-refractivity contribution in [3.63, 3.8) is 0 Å². The van der Waals surface area contributed by atoms with E-state index in [-0.39, 0.29) is 5.82 Å². The number of methoxy groups -OCH3 is 1. The lowest BCUT2D eigenvalue weighted by Gasteiger charge is -2.32. The maximum atomic E-state index is 14.7. The van der Waals surface area contributed by atoms with Gasteiger partial charge in [-0.3, -0.25) is 0 Å². The summed E-state index contributed by atoms with van der Waals surface area (Å²) in [5.74, 6) is 3.02. The molecule has 0 bridgehead atoms. The van der Waals surface area contributed by atoms with Gasteiger partial charge in [0.05, 0.1) is 26.5 Å². The fraction of sp³-hybridized carbons (Fsp3) is 0.481. The van der Waals surface area contributed by atoms with Gasteiger partial charge in [-0.25, -0.2) is 14.4 Å². The van der Waals surface area contributed by atoms with Crippen molar-refractivity contribution in [1.82, 2.24) is 20.2 Å². The summed E-state index contributed by atoms with van der Waals surface area (Å²) < 4.78 is 25.8. The number of piperidine rings is 1. The van der Waals surface area contributed by atoms with Gasteiger partial charge in [-0.15, -0.1) is 5.10 Å². The van der Waals surface area contributed by atoms with Crippen molar-refractivity contribution in [2.75, 3.05) is 31.7 Å². The zero-order valence-corrected chi connectivity index (χ0v) is 20.4. The quantitative estimate of drug-likeness (QED) is 0.442. The number of ether oxygens (including phenoxy) is 2. The van der Waals surface area contributed by atoms with Crippen LogP contribution in [0.3, 0.4) is 0 Å². The molecule has 0 N–H and O–H groups in total. The van der Waals surface area contributed by atoms with Gasteiger partial charge < -0.3 is 14.4 Å². The number of benzene rings is 1. The number of nitrogens with zero attached hydrogens (tertiary/aromatic N) is 5. The maximum absolute atomic E-state index is 14.7. The molecule has 2 fully saturated rings. The predicted octanol–water partition coefficient (Wildman–Crippen LogP) is 4.71. The van der Waals surface area contributed by atoms with E-state index in [1.54, 1.807) is 12.1 Å².